The van der Waals surface area contributed by atoms with E-state index in [0.717, 1.165) is 21.1 Å². The lowest BCUT2D eigenvalue weighted by Crippen LogP contribution is -2.28. The van der Waals surface area contributed by atoms with E-state index in [2.05, 4.69) is 29.2 Å². The van der Waals surface area contributed by atoms with Crippen LogP contribution in [0, 0.1) is 6.92 Å². The van der Waals surface area contributed by atoms with Crippen LogP contribution in [-0.4, -0.2) is 25.1 Å². The summed E-state index contributed by atoms with van der Waals surface area (Å²) in [4.78, 5) is 29.3. The molecule has 7 heteroatoms. The number of nitrogens with one attached hydrogen (secondary N) is 1. The van der Waals surface area contributed by atoms with Gasteiger partial charge in [0.2, 0.25) is 5.91 Å². The van der Waals surface area contributed by atoms with Crippen LogP contribution >= 0.6 is 0 Å². The zero-order valence-corrected chi connectivity index (χ0v) is 16.0. The van der Waals surface area contributed by atoms with Gasteiger partial charge >= 0.3 is 5.69 Å². The summed E-state index contributed by atoms with van der Waals surface area (Å²) in [6.45, 7) is 6.03. The summed E-state index contributed by atoms with van der Waals surface area (Å²) in [5, 5.41) is 7.96. The van der Waals surface area contributed by atoms with Gasteiger partial charge in [0.1, 0.15) is 12.9 Å². The van der Waals surface area contributed by atoms with Crippen molar-refractivity contribution in [3.63, 3.8) is 0 Å². The van der Waals surface area contributed by atoms with Crippen LogP contribution in [0.2, 0.25) is 0 Å². The number of carbonyl (C=O) groups is 1. The number of hydrogen-bond acceptors (Lipinski definition) is 4. The van der Waals surface area contributed by atoms with Gasteiger partial charge in [-0.15, -0.1) is 5.10 Å². The molecule has 0 saturated carbocycles. The first kappa shape index (κ1) is 17.9. The predicted octanol–water partition coefficient (Wildman–Crippen LogP) is 3.11. The molecular weight excluding hydrogens is 354 g/mol. The predicted molar refractivity (Wildman–Crippen MR) is 109 cm³/mol. The molecule has 4 rings (SSSR count). The molecule has 28 heavy (non-hydrogen) atoms. The van der Waals surface area contributed by atoms with Crippen LogP contribution in [0.5, 0.6) is 0 Å². The van der Waals surface area contributed by atoms with Crippen molar-refractivity contribution in [2.75, 3.05) is 5.32 Å². The molecule has 142 valence electrons. The Morgan fingerprint density at radius 1 is 1.14 bits per heavy atom. The molecule has 0 spiro atoms. The molecule has 7 nitrogen and oxygen atoms in total. The first-order valence-electron chi connectivity index (χ1n) is 9.17. The Bertz CT molecular complexity index is 1240. The van der Waals surface area contributed by atoms with E-state index in [1.807, 2.05) is 49.4 Å². The van der Waals surface area contributed by atoms with Gasteiger partial charge in [-0.3, -0.25) is 4.79 Å². The first-order valence-corrected chi connectivity index (χ1v) is 9.17. The molecule has 0 atom stereocenters. The van der Waals surface area contributed by atoms with Crippen molar-refractivity contribution in [2.24, 2.45) is 0 Å². The van der Waals surface area contributed by atoms with E-state index in [1.54, 1.807) is 0 Å². The monoisotopic (exact) mass is 375 g/mol. The molecule has 2 heterocycles. The zero-order chi connectivity index (χ0) is 19.8. The van der Waals surface area contributed by atoms with E-state index in [-0.39, 0.29) is 12.5 Å². The molecule has 1 N–H and O–H groups in total. The number of hydrogen-bond donors (Lipinski definition) is 1. The standard InChI is InChI=1S/C21H21N5O2/c1-13(2)15-5-7-16(8-6-15)23-19(27)11-26-21(28)25-12-22-18-9-4-14(3)10-17(18)20(25)24-26/h4-10,12-13H,11H2,1-3H3,(H,23,27). The van der Waals surface area contributed by atoms with Crippen molar-refractivity contribution in [1.29, 1.82) is 0 Å². The second kappa shape index (κ2) is 6.92. The summed E-state index contributed by atoms with van der Waals surface area (Å²) in [6.07, 6.45) is 1.45. The van der Waals surface area contributed by atoms with Crippen molar-refractivity contribution < 1.29 is 4.79 Å². The molecule has 2 aromatic heterocycles. The average Bonchev–Trinajstić information content (AvgIpc) is 2.98. The van der Waals surface area contributed by atoms with E-state index in [0.29, 0.717) is 17.3 Å². The molecule has 0 aliphatic rings. The third-order valence-electron chi connectivity index (χ3n) is 4.73. The minimum atomic E-state index is -0.392. The summed E-state index contributed by atoms with van der Waals surface area (Å²) in [5.41, 5.74) is 3.79. The zero-order valence-electron chi connectivity index (χ0n) is 16.0. The maximum Gasteiger partial charge on any atom is 0.352 e. The first-order chi connectivity index (χ1) is 13.4. The Kier molecular flexibility index (Phi) is 4.43. The molecule has 4 aromatic rings. The topological polar surface area (TPSA) is 81.3 Å². The Morgan fingerprint density at radius 3 is 2.61 bits per heavy atom. The Balaban J connectivity index is 1.61. The van der Waals surface area contributed by atoms with Crippen molar-refractivity contribution in [3.8, 4) is 0 Å². The van der Waals surface area contributed by atoms with E-state index >= 15 is 0 Å². The molecule has 0 radical (unpaired) electrons. The Morgan fingerprint density at radius 2 is 1.89 bits per heavy atom. The third kappa shape index (κ3) is 3.26. The van der Waals surface area contributed by atoms with Gasteiger partial charge < -0.3 is 5.32 Å². The van der Waals surface area contributed by atoms with Gasteiger partial charge in [-0.05, 0) is 42.7 Å². The number of aromatic nitrogens is 4. The van der Waals surface area contributed by atoms with Gasteiger partial charge in [0.25, 0.3) is 0 Å². The minimum Gasteiger partial charge on any atom is -0.324 e. The highest BCUT2D eigenvalue weighted by molar-refractivity contribution is 5.92. The highest BCUT2D eigenvalue weighted by Crippen LogP contribution is 2.18. The number of carbonyl (C=O) groups excluding carboxylic acids is 1. The van der Waals surface area contributed by atoms with Crippen LogP contribution in [-0.2, 0) is 11.3 Å². The largest absolute Gasteiger partial charge is 0.352 e. The quantitative estimate of drug-likeness (QED) is 0.594. The maximum absolute atomic E-state index is 12.6. The molecule has 0 fully saturated rings. The number of rotatable bonds is 4. The molecular formula is C21H21N5O2. The number of amides is 1. The van der Waals surface area contributed by atoms with Crippen LogP contribution in [0.15, 0.2) is 53.6 Å². The number of benzene rings is 2. The van der Waals surface area contributed by atoms with E-state index in [1.165, 1.54) is 16.3 Å². The van der Waals surface area contributed by atoms with Crippen LogP contribution < -0.4 is 11.0 Å². The summed E-state index contributed by atoms with van der Waals surface area (Å²) in [5.74, 6) is 0.115. The van der Waals surface area contributed by atoms with Crippen LogP contribution in [0.25, 0.3) is 16.6 Å². The molecule has 0 unspecified atom stereocenters. The fourth-order valence-electron chi connectivity index (χ4n) is 3.16. The van der Waals surface area contributed by atoms with Crippen molar-refractivity contribution in [3.05, 3.63) is 70.4 Å². The summed E-state index contributed by atoms with van der Waals surface area (Å²) in [6, 6.07) is 13.5. The lowest BCUT2D eigenvalue weighted by Gasteiger charge is -2.08. The van der Waals surface area contributed by atoms with Gasteiger partial charge in [0.05, 0.1) is 5.52 Å². The number of anilines is 1. The lowest BCUT2D eigenvalue weighted by atomic mass is 10.0. The average molecular weight is 375 g/mol. The van der Waals surface area contributed by atoms with Crippen molar-refractivity contribution >= 4 is 28.1 Å². The molecule has 0 bridgehead atoms. The van der Waals surface area contributed by atoms with Gasteiger partial charge in [0, 0.05) is 11.1 Å². The Labute approximate surface area is 161 Å². The van der Waals surface area contributed by atoms with Gasteiger partial charge in [-0.1, -0.05) is 37.6 Å². The minimum absolute atomic E-state index is 0.167. The molecule has 2 aromatic carbocycles. The highest BCUT2D eigenvalue weighted by atomic mass is 16.2. The number of aryl methyl sites for hydroxylation is 1. The maximum atomic E-state index is 12.6. The van der Waals surface area contributed by atoms with Gasteiger partial charge in [0.15, 0.2) is 5.65 Å². The van der Waals surface area contributed by atoms with Crippen molar-refractivity contribution in [2.45, 2.75) is 33.2 Å². The Hall–Kier alpha value is -3.48. The third-order valence-corrected chi connectivity index (χ3v) is 4.73. The second-order valence-corrected chi connectivity index (χ2v) is 7.22. The van der Waals surface area contributed by atoms with Crippen molar-refractivity contribution in [1.82, 2.24) is 19.2 Å². The fourth-order valence-corrected chi connectivity index (χ4v) is 3.16. The summed E-state index contributed by atoms with van der Waals surface area (Å²) >= 11 is 0. The summed E-state index contributed by atoms with van der Waals surface area (Å²) < 4.78 is 2.53. The highest BCUT2D eigenvalue weighted by Gasteiger charge is 2.14. The molecule has 0 saturated heterocycles. The van der Waals surface area contributed by atoms with E-state index < -0.39 is 5.69 Å². The molecule has 1 amide bonds. The second-order valence-electron chi connectivity index (χ2n) is 7.22. The van der Waals surface area contributed by atoms with Crippen LogP contribution in [0.4, 0.5) is 5.69 Å². The van der Waals surface area contributed by atoms with Crippen LogP contribution in [0.3, 0.4) is 0 Å². The molecule has 0 aliphatic heterocycles. The SMILES string of the molecule is Cc1ccc2ncn3c(=O)n(CC(=O)Nc4ccc(C(C)C)cc4)nc3c2c1. The number of nitrogens with zero attached hydrogens (tertiary/aromatic N) is 4. The lowest BCUT2D eigenvalue weighted by molar-refractivity contribution is -0.117. The van der Waals surface area contributed by atoms with E-state index in [9.17, 15) is 9.59 Å². The number of fused-ring (bicyclic) bond motifs is 3. The van der Waals surface area contributed by atoms with Crippen LogP contribution in [0.1, 0.15) is 30.9 Å². The fraction of sp³-hybridized carbons (Fsp3) is 0.238. The smallest absolute Gasteiger partial charge is 0.324 e. The summed E-state index contributed by atoms with van der Waals surface area (Å²) in [7, 11) is 0. The molecule has 0 aliphatic carbocycles. The van der Waals surface area contributed by atoms with Gasteiger partial charge in [-0.25, -0.2) is 18.9 Å². The van der Waals surface area contributed by atoms with E-state index in [4.69, 9.17) is 0 Å². The van der Waals surface area contributed by atoms with Gasteiger partial charge in [-0.2, -0.15) is 0 Å². The normalized spacial score (nSPS) is 11.4.